The number of nitriles is 1. The molecular formula is C9H16N6S. The van der Waals surface area contributed by atoms with Crippen molar-refractivity contribution in [2.75, 3.05) is 18.5 Å². The predicted octanol–water partition coefficient (Wildman–Crippen LogP) is 0.805. The van der Waals surface area contributed by atoms with Crippen molar-refractivity contribution in [3.05, 3.63) is 5.01 Å². The summed E-state index contributed by atoms with van der Waals surface area (Å²) in [6, 6.07) is 2.23. The second-order valence-electron chi connectivity index (χ2n) is 3.50. The average Bonchev–Trinajstić information content (AvgIpc) is 2.75. The van der Waals surface area contributed by atoms with Crippen LogP contribution in [0, 0.1) is 17.2 Å². The van der Waals surface area contributed by atoms with Crippen LogP contribution in [0.3, 0.4) is 0 Å². The molecule has 0 aromatic carbocycles. The fraction of sp³-hybridized carbons (Fsp3) is 0.667. The Hall–Kier alpha value is -1.23. The topological polar surface area (TPSA) is 90.9 Å². The first-order valence-corrected chi connectivity index (χ1v) is 5.92. The van der Waals surface area contributed by atoms with Crippen LogP contribution in [0.5, 0.6) is 0 Å². The molecular weight excluding hydrogens is 224 g/mol. The van der Waals surface area contributed by atoms with Gasteiger partial charge in [-0.2, -0.15) is 5.26 Å². The number of nitrogens with one attached hydrogen (secondary N) is 1. The third-order valence-electron chi connectivity index (χ3n) is 2.15. The van der Waals surface area contributed by atoms with Gasteiger partial charge in [-0.1, -0.05) is 18.3 Å². The van der Waals surface area contributed by atoms with Crippen molar-refractivity contribution in [3.8, 4) is 6.07 Å². The van der Waals surface area contributed by atoms with E-state index in [1.165, 1.54) is 11.3 Å². The van der Waals surface area contributed by atoms with Gasteiger partial charge in [0.05, 0.1) is 18.5 Å². The molecule has 1 rings (SSSR count). The molecule has 0 radical (unpaired) electrons. The molecule has 6 nitrogen and oxygen atoms in total. The molecule has 0 aliphatic heterocycles. The highest BCUT2D eigenvalue weighted by Crippen LogP contribution is 2.16. The average molecular weight is 240 g/mol. The first-order valence-electron chi connectivity index (χ1n) is 5.10. The molecule has 0 saturated carbocycles. The number of hydrazine groups is 1. The summed E-state index contributed by atoms with van der Waals surface area (Å²) in [5.41, 5.74) is 2.46. The predicted molar refractivity (Wildman–Crippen MR) is 63.4 cm³/mol. The summed E-state index contributed by atoms with van der Waals surface area (Å²) in [6.45, 7) is 6.32. The summed E-state index contributed by atoms with van der Waals surface area (Å²) in [4.78, 5) is 2.16. The Labute approximate surface area is 99.0 Å². The van der Waals surface area contributed by atoms with Crippen LogP contribution in [0.2, 0.25) is 0 Å². The number of aromatic nitrogens is 2. The van der Waals surface area contributed by atoms with Crippen LogP contribution in [-0.4, -0.2) is 28.2 Å². The van der Waals surface area contributed by atoms with Crippen molar-refractivity contribution in [2.45, 2.75) is 20.4 Å². The first-order chi connectivity index (χ1) is 7.69. The summed E-state index contributed by atoms with van der Waals surface area (Å²) >= 11 is 1.43. The lowest BCUT2D eigenvalue weighted by molar-refractivity contribution is 0.259. The number of nitrogens with two attached hydrogens (primary N) is 1. The Morgan fingerprint density at radius 1 is 1.62 bits per heavy atom. The standard InChI is InChI=1S/C9H16N6S/c1-3-15(5-7(2)4-10)6-8-13-14-9(12-11)16-8/h7H,3,5-6,11H2,1-2H3,(H,12,14). The molecule has 0 spiro atoms. The van der Waals surface area contributed by atoms with Crippen LogP contribution in [0.1, 0.15) is 18.9 Å². The lowest BCUT2D eigenvalue weighted by atomic mass is 10.2. The van der Waals surface area contributed by atoms with Crippen LogP contribution in [0.4, 0.5) is 5.13 Å². The van der Waals surface area contributed by atoms with Crippen molar-refractivity contribution in [1.29, 1.82) is 5.26 Å². The minimum atomic E-state index is 0.0278. The lowest BCUT2D eigenvalue weighted by Crippen LogP contribution is -2.27. The monoisotopic (exact) mass is 240 g/mol. The maximum Gasteiger partial charge on any atom is 0.219 e. The maximum absolute atomic E-state index is 8.76. The molecule has 3 N–H and O–H groups in total. The van der Waals surface area contributed by atoms with Crippen LogP contribution in [0.15, 0.2) is 0 Å². The molecule has 1 unspecified atom stereocenters. The van der Waals surface area contributed by atoms with Gasteiger partial charge in [-0.15, -0.1) is 10.2 Å². The van der Waals surface area contributed by atoms with Gasteiger partial charge in [0.2, 0.25) is 5.13 Å². The van der Waals surface area contributed by atoms with Crippen LogP contribution in [-0.2, 0) is 6.54 Å². The van der Waals surface area contributed by atoms with E-state index in [4.69, 9.17) is 11.1 Å². The second kappa shape index (κ2) is 6.37. The van der Waals surface area contributed by atoms with Gasteiger partial charge in [0.25, 0.3) is 0 Å². The molecule has 0 fully saturated rings. The summed E-state index contributed by atoms with van der Waals surface area (Å²) < 4.78 is 0. The normalized spacial score (nSPS) is 12.4. The molecule has 1 aromatic heterocycles. The Kier molecular flexibility index (Phi) is 5.11. The van der Waals surface area contributed by atoms with Crippen LogP contribution in [0.25, 0.3) is 0 Å². The van der Waals surface area contributed by atoms with E-state index in [1.54, 1.807) is 0 Å². The quantitative estimate of drug-likeness (QED) is 0.564. The van der Waals surface area contributed by atoms with Gasteiger partial charge >= 0.3 is 0 Å². The van der Waals surface area contributed by atoms with E-state index in [0.717, 1.165) is 18.1 Å². The Balaban J connectivity index is 2.53. The van der Waals surface area contributed by atoms with Crippen LogP contribution >= 0.6 is 11.3 Å². The smallest absolute Gasteiger partial charge is 0.219 e. The fourth-order valence-electron chi connectivity index (χ4n) is 1.30. The molecule has 7 heteroatoms. The minimum Gasteiger partial charge on any atom is -0.298 e. The van der Waals surface area contributed by atoms with Crippen molar-refractivity contribution in [3.63, 3.8) is 0 Å². The first kappa shape index (κ1) is 12.8. The van der Waals surface area contributed by atoms with Crippen molar-refractivity contribution >= 4 is 16.5 Å². The fourth-order valence-corrected chi connectivity index (χ4v) is 1.99. The van der Waals surface area contributed by atoms with E-state index in [1.807, 2.05) is 6.92 Å². The molecule has 0 saturated heterocycles. The van der Waals surface area contributed by atoms with Crippen molar-refractivity contribution in [1.82, 2.24) is 15.1 Å². The number of hydrogen-bond acceptors (Lipinski definition) is 7. The molecule has 0 amide bonds. The molecule has 16 heavy (non-hydrogen) atoms. The third kappa shape index (κ3) is 3.73. The van der Waals surface area contributed by atoms with Crippen molar-refractivity contribution < 1.29 is 0 Å². The molecule has 1 atom stereocenters. The molecule has 88 valence electrons. The zero-order valence-corrected chi connectivity index (χ0v) is 10.3. The minimum absolute atomic E-state index is 0.0278. The van der Waals surface area contributed by atoms with Gasteiger partial charge in [-0.3, -0.25) is 10.3 Å². The highest BCUT2D eigenvalue weighted by atomic mass is 32.1. The number of rotatable bonds is 6. The SMILES string of the molecule is CCN(Cc1nnc(NN)s1)CC(C)C#N. The molecule has 0 aliphatic carbocycles. The van der Waals surface area contributed by atoms with E-state index in [2.05, 4.69) is 33.5 Å². The van der Waals surface area contributed by atoms with Gasteiger partial charge in [0.1, 0.15) is 5.01 Å². The van der Waals surface area contributed by atoms with E-state index < -0.39 is 0 Å². The zero-order valence-electron chi connectivity index (χ0n) is 9.47. The number of nitrogens with zero attached hydrogens (tertiary/aromatic N) is 4. The summed E-state index contributed by atoms with van der Waals surface area (Å²) in [7, 11) is 0. The van der Waals surface area contributed by atoms with Gasteiger partial charge in [-0.25, -0.2) is 5.84 Å². The third-order valence-corrected chi connectivity index (χ3v) is 2.99. The van der Waals surface area contributed by atoms with E-state index in [0.29, 0.717) is 11.7 Å². The largest absolute Gasteiger partial charge is 0.298 e. The lowest BCUT2D eigenvalue weighted by Gasteiger charge is -2.19. The van der Waals surface area contributed by atoms with Crippen molar-refractivity contribution in [2.24, 2.45) is 11.8 Å². The maximum atomic E-state index is 8.76. The Bertz CT molecular complexity index is 357. The molecule has 1 heterocycles. The summed E-state index contributed by atoms with van der Waals surface area (Å²) in [5, 5.41) is 18.1. The second-order valence-corrected chi connectivity index (χ2v) is 4.57. The Morgan fingerprint density at radius 3 is 2.88 bits per heavy atom. The summed E-state index contributed by atoms with van der Waals surface area (Å²) in [5.74, 6) is 5.26. The highest BCUT2D eigenvalue weighted by molar-refractivity contribution is 7.15. The van der Waals surface area contributed by atoms with Gasteiger partial charge in [0.15, 0.2) is 0 Å². The Morgan fingerprint density at radius 2 is 2.38 bits per heavy atom. The van der Waals surface area contributed by atoms with E-state index >= 15 is 0 Å². The summed E-state index contributed by atoms with van der Waals surface area (Å²) in [6.07, 6.45) is 0. The number of nitrogen functional groups attached to an aromatic ring is 1. The van der Waals surface area contributed by atoms with Gasteiger partial charge in [-0.05, 0) is 13.5 Å². The highest BCUT2D eigenvalue weighted by Gasteiger charge is 2.11. The van der Waals surface area contributed by atoms with Gasteiger partial charge in [0, 0.05) is 6.54 Å². The van der Waals surface area contributed by atoms with Crippen LogP contribution < -0.4 is 11.3 Å². The molecule has 1 aromatic rings. The molecule has 0 aliphatic rings. The van der Waals surface area contributed by atoms with Gasteiger partial charge < -0.3 is 0 Å². The number of hydrogen-bond donors (Lipinski definition) is 2. The number of anilines is 1. The zero-order chi connectivity index (χ0) is 12.0. The molecule has 0 bridgehead atoms. The van der Waals surface area contributed by atoms with E-state index in [9.17, 15) is 0 Å². The van der Waals surface area contributed by atoms with E-state index in [-0.39, 0.29) is 5.92 Å².